The molecule has 19 heavy (non-hydrogen) atoms. The van der Waals surface area contributed by atoms with Crippen LogP contribution in [0.1, 0.15) is 25.7 Å². The molecule has 0 aromatic carbocycles. The monoisotopic (exact) mass is 290 g/mol. The Labute approximate surface area is 118 Å². The first-order valence-electron chi connectivity index (χ1n) is 6.26. The molecular weight excluding hydrogens is 272 g/mol. The van der Waals surface area contributed by atoms with Crippen molar-refractivity contribution in [3.05, 3.63) is 10.1 Å². The summed E-state index contributed by atoms with van der Waals surface area (Å²) in [5, 5.41) is 21.0. The maximum absolute atomic E-state index is 11.0. The summed E-state index contributed by atoms with van der Waals surface area (Å²) in [4.78, 5) is 20.2. The Kier molecular flexibility index (Phi) is 5.84. The first kappa shape index (κ1) is 16.0. The highest BCUT2D eigenvalue weighted by Crippen LogP contribution is 2.23. The van der Waals surface area contributed by atoms with Crippen molar-refractivity contribution < 1.29 is 10.0 Å². The third-order valence-electron chi connectivity index (χ3n) is 3.35. The first-order chi connectivity index (χ1) is 8.62. The second-order valence-corrected chi connectivity index (χ2v) is 4.81. The molecule has 7 nitrogen and oxygen atoms in total. The summed E-state index contributed by atoms with van der Waals surface area (Å²) in [5.74, 6) is -1.70. The predicted molar refractivity (Wildman–Crippen MR) is 74.9 cm³/mol. The van der Waals surface area contributed by atoms with Crippen LogP contribution in [0.25, 0.3) is 0 Å². The molecule has 2 heterocycles. The van der Waals surface area contributed by atoms with Gasteiger partial charge < -0.3 is 10.0 Å². The first-order valence-corrected chi connectivity index (χ1v) is 6.26. The van der Waals surface area contributed by atoms with Crippen LogP contribution in [0.4, 0.5) is 0 Å². The number of nitrogens with zero attached hydrogens (tertiary/aromatic N) is 4. The fraction of sp³-hybridized carbons (Fsp3) is 0.818. The molecule has 8 heteroatoms. The molecule has 108 valence electrons. The SMILES string of the molecule is Cl.O=[N+]([O-])C1(CC(O)CN2CCCCC2)N=CC=N1. The van der Waals surface area contributed by atoms with E-state index in [9.17, 15) is 15.2 Å². The molecule has 0 aromatic rings. The van der Waals surface area contributed by atoms with Crippen molar-refractivity contribution in [1.82, 2.24) is 4.90 Å². The molecule has 1 atom stereocenters. The molecule has 0 radical (unpaired) electrons. The van der Waals surface area contributed by atoms with Gasteiger partial charge in [0.15, 0.2) is 0 Å². The molecule has 1 N–H and O–H groups in total. The second kappa shape index (κ2) is 6.93. The normalized spacial score (nSPS) is 23.0. The van der Waals surface area contributed by atoms with E-state index in [4.69, 9.17) is 0 Å². The molecule has 1 fully saturated rings. The lowest BCUT2D eigenvalue weighted by Gasteiger charge is -2.29. The van der Waals surface area contributed by atoms with E-state index in [0.717, 1.165) is 25.9 Å². The van der Waals surface area contributed by atoms with Crippen molar-refractivity contribution in [2.45, 2.75) is 37.6 Å². The van der Waals surface area contributed by atoms with Crippen LogP contribution >= 0.6 is 12.4 Å². The summed E-state index contributed by atoms with van der Waals surface area (Å²) in [7, 11) is 0. The van der Waals surface area contributed by atoms with Gasteiger partial charge in [-0.2, -0.15) is 9.98 Å². The topological polar surface area (TPSA) is 91.3 Å². The lowest BCUT2D eigenvalue weighted by atomic mass is 10.1. The number of rotatable bonds is 5. The molecule has 0 bridgehead atoms. The number of β-amino-alcohol motifs (C(OH)–C–C–N with tert-alkyl or cyclic N) is 1. The van der Waals surface area contributed by atoms with Crippen LogP contribution in [-0.2, 0) is 0 Å². The van der Waals surface area contributed by atoms with Crippen LogP contribution in [0.2, 0.25) is 0 Å². The van der Waals surface area contributed by atoms with E-state index in [1.54, 1.807) is 0 Å². The number of aliphatic hydroxyl groups is 1. The Morgan fingerprint density at radius 3 is 2.42 bits per heavy atom. The molecule has 0 spiro atoms. The van der Waals surface area contributed by atoms with Crippen LogP contribution in [0.15, 0.2) is 9.98 Å². The molecule has 1 saturated heterocycles. The zero-order valence-electron chi connectivity index (χ0n) is 10.6. The van der Waals surface area contributed by atoms with Gasteiger partial charge >= 0.3 is 5.79 Å². The summed E-state index contributed by atoms with van der Waals surface area (Å²) < 4.78 is 0. The highest BCUT2D eigenvalue weighted by atomic mass is 35.5. The molecule has 2 rings (SSSR count). The Morgan fingerprint density at radius 1 is 1.32 bits per heavy atom. The Hall–Kier alpha value is -1.05. The highest BCUT2D eigenvalue weighted by molar-refractivity contribution is 6.17. The number of hydrogen-bond acceptors (Lipinski definition) is 6. The number of hydrogen-bond donors (Lipinski definition) is 1. The van der Waals surface area contributed by atoms with Gasteiger partial charge in [0, 0.05) is 19.0 Å². The van der Waals surface area contributed by atoms with Crippen LogP contribution in [-0.4, -0.2) is 58.9 Å². The summed E-state index contributed by atoms with van der Waals surface area (Å²) >= 11 is 0. The van der Waals surface area contributed by atoms with Gasteiger partial charge in [0.05, 0.1) is 17.4 Å². The van der Waals surface area contributed by atoms with Crippen molar-refractivity contribution in [2.75, 3.05) is 19.6 Å². The van der Waals surface area contributed by atoms with Crippen molar-refractivity contribution >= 4 is 24.8 Å². The van der Waals surface area contributed by atoms with Gasteiger partial charge in [0.2, 0.25) is 0 Å². The zero-order valence-corrected chi connectivity index (χ0v) is 11.5. The van der Waals surface area contributed by atoms with Crippen LogP contribution < -0.4 is 0 Å². The van der Waals surface area contributed by atoms with Crippen molar-refractivity contribution in [2.24, 2.45) is 9.98 Å². The summed E-state index contributed by atoms with van der Waals surface area (Å²) in [6, 6.07) is 0. The van der Waals surface area contributed by atoms with E-state index in [0.29, 0.717) is 6.54 Å². The lowest BCUT2D eigenvalue weighted by Crippen LogP contribution is -2.42. The van der Waals surface area contributed by atoms with Gasteiger partial charge in [-0.1, -0.05) is 6.42 Å². The summed E-state index contributed by atoms with van der Waals surface area (Å²) in [5.41, 5.74) is 0. The Morgan fingerprint density at radius 2 is 1.89 bits per heavy atom. The molecule has 0 aromatic heterocycles. The standard InChI is InChI=1S/C11H18N4O3.ClH/c16-10(9-14-6-2-1-3-7-14)8-11(15(17)18)12-4-5-13-11;/h4-5,10,16H,1-3,6-9H2;1H. The number of aliphatic imine (C=N–C) groups is 2. The van der Waals surface area contributed by atoms with E-state index in [1.165, 1.54) is 18.9 Å². The second-order valence-electron chi connectivity index (χ2n) is 4.81. The number of halogens is 1. The van der Waals surface area contributed by atoms with E-state index in [2.05, 4.69) is 14.9 Å². The minimum atomic E-state index is -1.70. The van der Waals surface area contributed by atoms with Gasteiger partial charge in [-0.3, -0.25) is 10.1 Å². The molecule has 2 aliphatic rings. The maximum Gasteiger partial charge on any atom is 0.414 e. The molecule has 1 unspecified atom stereocenters. The number of piperidine rings is 1. The third kappa shape index (κ3) is 3.95. The van der Waals surface area contributed by atoms with Crippen molar-refractivity contribution in [1.29, 1.82) is 0 Å². The Balaban J connectivity index is 0.00000180. The molecule has 0 aliphatic carbocycles. The lowest BCUT2D eigenvalue weighted by molar-refractivity contribution is -0.568. The molecule has 0 amide bonds. The van der Waals surface area contributed by atoms with E-state index in [1.807, 2.05) is 0 Å². The zero-order chi connectivity index (χ0) is 13.0. The average molecular weight is 291 g/mol. The van der Waals surface area contributed by atoms with Crippen LogP contribution in [0, 0.1) is 10.1 Å². The van der Waals surface area contributed by atoms with Crippen molar-refractivity contribution in [3.8, 4) is 0 Å². The van der Waals surface area contributed by atoms with Gasteiger partial charge in [-0.15, -0.1) is 12.4 Å². The number of aliphatic hydroxyl groups excluding tert-OH is 1. The average Bonchev–Trinajstić information content (AvgIpc) is 2.80. The number of likely N-dealkylation sites (tertiary alicyclic amines) is 1. The van der Waals surface area contributed by atoms with Gasteiger partial charge in [-0.25, -0.2) is 0 Å². The number of nitro groups is 1. The van der Waals surface area contributed by atoms with Crippen LogP contribution in [0.5, 0.6) is 0 Å². The van der Waals surface area contributed by atoms with E-state index < -0.39 is 16.8 Å². The maximum atomic E-state index is 11.0. The smallest absolute Gasteiger partial charge is 0.391 e. The molecule has 2 aliphatic heterocycles. The quantitative estimate of drug-likeness (QED) is 0.597. The fourth-order valence-corrected chi connectivity index (χ4v) is 2.43. The predicted octanol–water partition coefficient (Wildman–Crippen LogP) is 0.731. The third-order valence-corrected chi connectivity index (χ3v) is 3.35. The minimum Gasteiger partial charge on any atom is -0.391 e. The largest absolute Gasteiger partial charge is 0.414 e. The minimum absolute atomic E-state index is 0. The van der Waals surface area contributed by atoms with Gasteiger partial charge in [0.1, 0.15) is 0 Å². The van der Waals surface area contributed by atoms with E-state index >= 15 is 0 Å². The highest BCUT2D eigenvalue weighted by Gasteiger charge is 2.45. The van der Waals surface area contributed by atoms with E-state index in [-0.39, 0.29) is 18.8 Å². The van der Waals surface area contributed by atoms with Crippen LogP contribution in [0.3, 0.4) is 0 Å². The molecular formula is C11H19ClN4O3. The van der Waals surface area contributed by atoms with Gasteiger partial charge in [-0.05, 0) is 25.9 Å². The van der Waals surface area contributed by atoms with Crippen molar-refractivity contribution in [3.63, 3.8) is 0 Å². The fourth-order valence-electron chi connectivity index (χ4n) is 2.43. The molecule has 0 saturated carbocycles. The Bertz CT molecular complexity index is 357. The summed E-state index contributed by atoms with van der Waals surface area (Å²) in [6.07, 6.45) is 5.27. The summed E-state index contributed by atoms with van der Waals surface area (Å²) in [6.45, 7) is 2.37. The van der Waals surface area contributed by atoms with Gasteiger partial charge in [0.25, 0.3) is 0 Å².